The maximum Gasteiger partial charge on any atom is 0.407 e. The Bertz CT molecular complexity index is 1490. The van der Waals surface area contributed by atoms with Gasteiger partial charge in [0.1, 0.15) is 17.7 Å². The van der Waals surface area contributed by atoms with Crippen molar-refractivity contribution in [1.29, 1.82) is 0 Å². The number of amides is 1. The third-order valence-electron chi connectivity index (χ3n) is 6.16. The van der Waals surface area contributed by atoms with Crippen molar-refractivity contribution in [3.05, 3.63) is 60.2 Å². The minimum Gasteiger partial charge on any atom is -0.465 e. The number of nitrogen functional groups attached to an aromatic ring is 1. The molecule has 2 aromatic carbocycles. The average Bonchev–Trinajstić information content (AvgIpc) is 2.88. The molecular formula is C25H23F2N7O3. The summed E-state index contributed by atoms with van der Waals surface area (Å²) in [5.41, 5.74) is 7.70. The van der Waals surface area contributed by atoms with Crippen molar-refractivity contribution in [2.75, 3.05) is 24.1 Å². The molecule has 190 valence electrons. The quantitative estimate of drug-likeness (QED) is 0.335. The van der Waals surface area contributed by atoms with Gasteiger partial charge in [0.05, 0.1) is 29.7 Å². The van der Waals surface area contributed by atoms with Crippen LogP contribution in [0, 0.1) is 12.7 Å². The number of likely N-dealkylation sites (tertiary alicyclic amines) is 1. The first kappa shape index (κ1) is 24.1. The first-order valence-electron chi connectivity index (χ1n) is 11.5. The van der Waals surface area contributed by atoms with Crippen molar-refractivity contribution in [2.45, 2.75) is 25.6 Å². The number of aromatic nitrogens is 4. The fraction of sp³-hybridized carbons (Fsp3) is 0.240. The summed E-state index contributed by atoms with van der Waals surface area (Å²) in [5.74, 6) is 0.286. The van der Waals surface area contributed by atoms with Crippen molar-refractivity contribution in [3.63, 3.8) is 0 Å². The molecule has 0 aliphatic carbocycles. The Morgan fingerprint density at radius 1 is 1.16 bits per heavy atom. The lowest BCUT2D eigenvalue weighted by Crippen LogP contribution is -2.49. The predicted octanol–water partition coefficient (Wildman–Crippen LogP) is 4.41. The lowest BCUT2D eigenvalue weighted by molar-refractivity contribution is 0.102. The molecule has 1 fully saturated rings. The van der Waals surface area contributed by atoms with Crippen LogP contribution in [0.3, 0.4) is 0 Å². The molecular weight excluding hydrogens is 484 g/mol. The van der Waals surface area contributed by atoms with E-state index < -0.39 is 24.1 Å². The molecule has 4 N–H and O–H groups in total. The van der Waals surface area contributed by atoms with E-state index in [-0.39, 0.29) is 37.0 Å². The van der Waals surface area contributed by atoms with Crippen LogP contribution < -0.4 is 15.8 Å². The Balaban J connectivity index is 1.46. The number of benzene rings is 2. The third-order valence-corrected chi connectivity index (χ3v) is 6.16. The van der Waals surface area contributed by atoms with Crippen molar-refractivity contribution >= 4 is 28.5 Å². The second kappa shape index (κ2) is 9.80. The number of rotatable bonds is 5. The van der Waals surface area contributed by atoms with Gasteiger partial charge in [-0.25, -0.2) is 23.5 Å². The first-order chi connectivity index (χ1) is 17.8. The van der Waals surface area contributed by atoms with E-state index in [1.165, 1.54) is 18.5 Å². The zero-order valence-electron chi connectivity index (χ0n) is 19.7. The number of carboxylic acid groups (broad SMARTS) is 1. The average molecular weight is 508 g/mol. The van der Waals surface area contributed by atoms with E-state index >= 15 is 0 Å². The molecule has 37 heavy (non-hydrogen) atoms. The molecule has 5 rings (SSSR count). The van der Waals surface area contributed by atoms with Crippen LogP contribution in [-0.2, 0) is 0 Å². The molecule has 0 radical (unpaired) electrons. The van der Waals surface area contributed by atoms with E-state index in [9.17, 15) is 18.7 Å². The van der Waals surface area contributed by atoms with Gasteiger partial charge in [0, 0.05) is 36.0 Å². The number of nitrogens with two attached hydrogens (primary N) is 1. The van der Waals surface area contributed by atoms with Crippen LogP contribution in [0.1, 0.15) is 12.0 Å². The number of anilines is 2. The van der Waals surface area contributed by atoms with Gasteiger partial charge in [0.15, 0.2) is 0 Å². The van der Waals surface area contributed by atoms with Crippen LogP contribution in [-0.4, -0.2) is 61.6 Å². The van der Waals surface area contributed by atoms with Crippen molar-refractivity contribution < 1.29 is 23.4 Å². The lowest BCUT2D eigenvalue weighted by Gasteiger charge is -2.33. The molecule has 4 aromatic rings. The summed E-state index contributed by atoms with van der Waals surface area (Å²) in [6.45, 7) is 1.79. The number of hydrogen-bond acceptors (Lipinski definition) is 8. The van der Waals surface area contributed by atoms with Crippen LogP contribution >= 0.6 is 0 Å². The number of alkyl halides is 1. The van der Waals surface area contributed by atoms with Crippen LogP contribution in [0.4, 0.5) is 25.2 Å². The summed E-state index contributed by atoms with van der Waals surface area (Å²) in [4.78, 5) is 21.1. The molecule has 0 unspecified atom stereocenters. The van der Waals surface area contributed by atoms with Gasteiger partial charge in [-0.15, -0.1) is 5.10 Å². The topological polar surface area (TPSA) is 139 Å². The lowest BCUT2D eigenvalue weighted by atomic mass is 10.0. The monoisotopic (exact) mass is 507 g/mol. The number of halogens is 2. The zero-order valence-corrected chi connectivity index (χ0v) is 19.7. The van der Waals surface area contributed by atoms with Crippen molar-refractivity contribution in [1.82, 2.24) is 25.1 Å². The van der Waals surface area contributed by atoms with E-state index in [0.29, 0.717) is 27.8 Å². The highest BCUT2D eigenvalue weighted by Crippen LogP contribution is 2.38. The minimum atomic E-state index is -1.29. The van der Waals surface area contributed by atoms with Crippen molar-refractivity contribution in [2.24, 2.45) is 0 Å². The number of hydrogen-bond donors (Lipinski definition) is 3. The highest BCUT2D eigenvalue weighted by atomic mass is 19.1. The number of ether oxygens (including phenoxy) is 1. The Morgan fingerprint density at radius 2 is 1.97 bits per heavy atom. The van der Waals surface area contributed by atoms with Gasteiger partial charge in [-0.2, -0.15) is 5.10 Å². The van der Waals surface area contributed by atoms with E-state index in [1.807, 2.05) is 6.92 Å². The van der Waals surface area contributed by atoms with Gasteiger partial charge in [-0.05, 0) is 36.8 Å². The molecule has 12 heteroatoms. The molecule has 1 aliphatic rings. The third kappa shape index (κ3) is 4.90. The standard InChI is InChI=1S/C25H23F2N7O3/c1-13-2-3-16-17(4-5-19(27)21(16)28)22(13)37-23-18(6-9-30-33-23)20-7-8-29-24(32-20)31-15-10-14(26)11-34(12-15)25(35)36/h2-9,14-15H,10-12,28H2,1H3,(H,35,36)(H,29,31,32)/t14-,15-/m0/s1. The number of fused-ring (bicyclic) bond motifs is 1. The van der Waals surface area contributed by atoms with Crippen molar-refractivity contribution in [3.8, 4) is 22.9 Å². The number of carbonyl (C=O) groups is 1. The Morgan fingerprint density at radius 3 is 2.78 bits per heavy atom. The molecule has 1 amide bonds. The summed E-state index contributed by atoms with van der Waals surface area (Å²) in [7, 11) is 0. The SMILES string of the molecule is Cc1ccc2c(N)c(F)ccc2c1Oc1nnccc1-c1ccnc(N[C@H]2C[C@H](F)CN(C(=O)O)C2)n1. The van der Waals surface area contributed by atoms with Gasteiger partial charge >= 0.3 is 6.09 Å². The number of nitrogens with zero attached hydrogens (tertiary/aromatic N) is 5. The largest absolute Gasteiger partial charge is 0.465 e. The number of piperidine rings is 1. The molecule has 10 nitrogen and oxygen atoms in total. The van der Waals surface area contributed by atoms with Crippen LogP contribution in [0.15, 0.2) is 48.8 Å². The highest BCUT2D eigenvalue weighted by molar-refractivity contribution is 5.98. The summed E-state index contributed by atoms with van der Waals surface area (Å²) >= 11 is 0. The Kier molecular flexibility index (Phi) is 6.38. The number of aryl methyl sites for hydroxylation is 1. The highest BCUT2D eigenvalue weighted by Gasteiger charge is 2.30. The summed E-state index contributed by atoms with van der Waals surface area (Å²) in [5, 5.41) is 21.5. The van der Waals surface area contributed by atoms with Gasteiger partial charge in [0.25, 0.3) is 0 Å². The molecule has 3 heterocycles. The molecule has 0 saturated carbocycles. The summed E-state index contributed by atoms with van der Waals surface area (Å²) in [6.07, 6.45) is 0.669. The first-order valence-corrected chi connectivity index (χ1v) is 11.5. The fourth-order valence-electron chi connectivity index (χ4n) is 4.36. The molecule has 1 aliphatic heterocycles. The van der Waals surface area contributed by atoms with E-state index in [2.05, 4.69) is 25.5 Å². The zero-order chi connectivity index (χ0) is 26.1. The fourth-order valence-corrected chi connectivity index (χ4v) is 4.36. The minimum absolute atomic E-state index is 0.0212. The summed E-state index contributed by atoms with van der Waals surface area (Å²) in [6, 6.07) is 9.21. The molecule has 0 spiro atoms. The predicted molar refractivity (Wildman–Crippen MR) is 133 cm³/mol. The van der Waals surface area contributed by atoms with E-state index in [4.69, 9.17) is 10.5 Å². The van der Waals surface area contributed by atoms with Gasteiger partial charge in [-0.1, -0.05) is 12.1 Å². The molecule has 1 saturated heterocycles. The maximum absolute atomic E-state index is 14.1. The Hall–Kier alpha value is -4.61. The normalized spacial score (nSPS) is 17.5. The van der Waals surface area contributed by atoms with Crippen LogP contribution in [0.2, 0.25) is 0 Å². The smallest absolute Gasteiger partial charge is 0.407 e. The molecule has 2 atom stereocenters. The molecule has 0 bridgehead atoms. The van der Waals surface area contributed by atoms with Crippen LogP contribution in [0.25, 0.3) is 22.0 Å². The van der Waals surface area contributed by atoms with E-state index in [1.54, 1.807) is 30.3 Å². The summed E-state index contributed by atoms with van der Waals surface area (Å²) < 4.78 is 34.3. The molecule has 2 aromatic heterocycles. The maximum atomic E-state index is 14.1. The second-order valence-electron chi connectivity index (χ2n) is 8.75. The number of nitrogens with one attached hydrogen (secondary N) is 1. The van der Waals surface area contributed by atoms with Gasteiger partial charge in [0.2, 0.25) is 11.8 Å². The Labute approximate surface area is 210 Å². The van der Waals surface area contributed by atoms with Crippen LogP contribution in [0.5, 0.6) is 11.6 Å². The second-order valence-corrected chi connectivity index (χ2v) is 8.75. The van der Waals surface area contributed by atoms with Gasteiger partial charge < -0.3 is 25.8 Å². The van der Waals surface area contributed by atoms with Gasteiger partial charge in [-0.3, -0.25) is 0 Å². The van der Waals surface area contributed by atoms with E-state index in [0.717, 1.165) is 10.5 Å².